The average Bonchev–Trinajstić information content (AvgIpc) is 2.46. The molecule has 96 valence electrons. The van der Waals surface area contributed by atoms with E-state index >= 15 is 0 Å². The molecular formula is C16H8ClNO2. The van der Waals surface area contributed by atoms with E-state index in [2.05, 4.69) is 0 Å². The van der Waals surface area contributed by atoms with E-state index in [4.69, 9.17) is 11.6 Å². The lowest BCUT2D eigenvalue weighted by Gasteiger charge is -2.11. The Hall–Kier alpha value is -2.39. The summed E-state index contributed by atoms with van der Waals surface area (Å²) in [5.74, 6) is 0. The number of halogens is 1. The Morgan fingerprint density at radius 2 is 1.35 bits per heavy atom. The number of nitro benzene ring substituents is 1. The van der Waals surface area contributed by atoms with Crippen LogP contribution in [-0.2, 0) is 0 Å². The fraction of sp³-hybridized carbons (Fsp3) is 0. The van der Waals surface area contributed by atoms with E-state index < -0.39 is 0 Å². The Kier molecular flexibility index (Phi) is 2.18. The Morgan fingerprint density at radius 1 is 0.800 bits per heavy atom. The van der Waals surface area contributed by atoms with Crippen LogP contribution in [0.15, 0.2) is 48.5 Å². The van der Waals surface area contributed by atoms with E-state index in [-0.39, 0.29) is 10.6 Å². The van der Waals surface area contributed by atoms with Crippen molar-refractivity contribution >= 4 is 49.6 Å². The predicted molar refractivity (Wildman–Crippen MR) is 81.8 cm³/mol. The Morgan fingerprint density at radius 3 is 2.05 bits per heavy atom. The number of benzene rings is 4. The molecule has 0 bridgehead atoms. The smallest absolute Gasteiger partial charge is 0.258 e. The van der Waals surface area contributed by atoms with Crippen molar-refractivity contribution in [2.45, 2.75) is 0 Å². The van der Waals surface area contributed by atoms with Crippen LogP contribution < -0.4 is 0 Å². The number of rotatable bonds is 1. The molecule has 3 nitrogen and oxygen atoms in total. The average molecular weight is 282 g/mol. The molecule has 4 aromatic carbocycles. The van der Waals surface area contributed by atoms with Crippen LogP contribution in [0.2, 0.25) is 5.02 Å². The number of non-ortho nitro benzene ring substituents is 1. The number of nitrogens with zero attached hydrogens (tertiary/aromatic N) is 1. The van der Waals surface area contributed by atoms with Crippen LogP contribution in [0.25, 0.3) is 32.3 Å². The SMILES string of the molecule is O=[N+]([O-])c1ccc2ccc3c(Cl)ccc4ccc1c2c43. The van der Waals surface area contributed by atoms with E-state index in [0.29, 0.717) is 10.4 Å². The highest BCUT2D eigenvalue weighted by Gasteiger charge is 2.17. The van der Waals surface area contributed by atoms with Crippen molar-refractivity contribution in [1.82, 2.24) is 0 Å². The third kappa shape index (κ3) is 1.35. The van der Waals surface area contributed by atoms with Gasteiger partial charge in [0.15, 0.2) is 0 Å². The first-order chi connectivity index (χ1) is 9.66. The molecule has 0 aliphatic heterocycles. The van der Waals surface area contributed by atoms with Crippen molar-refractivity contribution in [3.63, 3.8) is 0 Å². The third-order valence-corrected chi connectivity index (χ3v) is 4.11. The summed E-state index contributed by atoms with van der Waals surface area (Å²) in [5, 5.41) is 17.4. The second-order valence-electron chi connectivity index (χ2n) is 4.81. The van der Waals surface area contributed by atoms with Gasteiger partial charge in [-0.25, -0.2) is 0 Å². The third-order valence-electron chi connectivity index (χ3n) is 3.79. The summed E-state index contributed by atoms with van der Waals surface area (Å²) in [6, 6.07) is 14.8. The van der Waals surface area contributed by atoms with Crippen molar-refractivity contribution in [3.8, 4) is 0 Å². The zero-order valence-electron chi connectivity index (χ0n) is 10.3. The molecule has 4 aromatic rings. The maximum absolute atomic E-state index is 11.2. The van der Waals surface area contributed by atoms with Gasteiger partial charge >= 0.3 is 0 Å². The topological polar surface area (TPSA) is 43.1 Å². The van der Waals surface area contributed by atoms with Gasteiger partial charge in [0, 0.05) is 21.9 Å². The van der Waals surface area contributed by atoms with Gasteiger partial charge in [0.1, 0.15) is 0 Å². The van der Waals surface area contributed by atoms with Gasteiger partial charge in [-0.15, -0.1) is 0 Å². The highest BCUT2D eigenvalue weighted by Crippen LogP contribution is 2.40. The van der Waals surface area contributed by atoms with E-state index in [1.807, 2.05) is 36.4 Å². The maximum Gasteiger partial charge on any atom is 0.277 e. The van der Waals surface area contributed by atoms with Crippen molar-refractivity contribution in [1.29, 1.82) is 0 Å². The second kappa shape index (κ2) is 3.81. The molecule has 0 aliphatic carbocycles. The highest BCUT2D eigenvalue weighted by molar-refractivity contribution is 6.38. The minimum atomic E-state index is -0.340. The molecule has 4 heteroatoms. The first-order valence-corrected chi connectivity index (χ1v) is 6.55. The number of nitro groups is 1. The Balaban J connectivity index is 2.38. The zero-order valence-corrected chi connectivity index (χ0v) is 11.0. The number of hydrogen-bond acceptors (Lipinski definition) is 2. The molecule has 0 saturated carbocycles. The lowest BCUT2D eigenvalue weighted by Crippen LogP contribution is -1.91. The van der Waals surface area contributed by atoms with Crippen LogP contribution in [0.5, 0.6) is 0 Å². The first-order valence-electron chi connectivity index (χ1n) is 6.17. The predicted octanol–water partition coefficient (Wildman–Crippen LogP) is 5.15. The highest BCUT2D eigenvalue weighted by atomic mass is 35.5. The van der Waals surface area contributed by atoms with Gasteiger partial charge in [0.25, 0.3) is 5.69 Å². The van der Waals surface area contributed by atoms with E-state index in [0.717, 1.165) is 26.9 Å². The van der Waals surface area contributed by atoms with E-state index in [1.165, 1.54) is 0 Å². The fourth-order valence-corrected chi connectivity index (χ4v) is 3.13. The molecule has 0 aromatic heterocycles. The van der Waals surface area contributed by atoms with Crippen LogP contribution >= 0.6 is 11.6 Å². The largest absolute Gasteiger partial charge is 0.277 e. The molecule has 0 saturated heterocycles. The van der Waals surface area contributed by atoms with Gasteiger partial charge in [-0.2, -0.15) is 0 Å². The Labute approximate surface area is 118 Å². The van der Waals surface area contributed by atoms with Crippen LogP contribution in [0.3, 0.4) is 0 Å². The summed E-state index contributed by atoms with van der Waals surface area (Å²) in [5.41, 5.74) is 0.131. The second-order valence-corrected chi connectivity index (χ2v) is 5.22. The lowest BCUT2D eigenvalue weighted by molar-refractivity contribution is -0.383. The van der Waals surface area contributed by atoms with Gasteiger partial charge in [0.2, 0.25) is 0 Å². The van der Waals surface area contributed by atoms with Gasteiger partial charge < -0.3 is 0 Å². The first kappa shape index (κ1) is 11.4. The molecule has 0 atom stereocenters. The molecule has 20 heavy (non-hydrogen) atoms. The van der Waals surface area contributed by atoms with E-state index in [1.54, 1.807) is 12.1 Å². The van der Waals surface area contributed by atoms with Crippen molar-refractivity contribution in [2.24, 2.45) is 0 Å². The summed E-state index contributed by atoms with van der Waals surface area (Å²) >= 11 is 6.25. The van der Waals surface area contributed by atoms with Gasteiger partial charge in [-0.3, -0.25) is 10.1 Å². The molecular weight excluding hydrogens is 274 g/mol. The van der Waals surface area contributed by atoms with Crippen molar-refractivity contribution in [3.05, 3.63) is 63.7 Å². The summed E-state index contributed by atoms with van der Waals surface area (Å²) in [6.07, 6.45) is 0. The lowest BCUT2D eigenvalue weighted by atomic mass is 9.93. The van der Waals surface area contributed by atoms with Crippen LogP contribution in [-0.4, -0.2) is 4.92 Å². The van der Waals surface area contributed by atoms with Gasteiger partial charge in [-0.05, 0) is 34.4 Å². The van der Waals surface area contributed by atoms with Crippen LogP contribution in [0.1, 0.15) is 0 Å². The molecule has 0 spiro atoms. The molecule has 0 fully saturated rings. The zero-order chi connectivity index (χ0) is 13.9. The minimum Gasteiger partial charge on any atom is -0.258 e. The maximum atomic E-state index is 11.2. The standard InChI is InChI=1S/C16H8ClNO2/c17-13-7-3-9-2-6-12-14(18(19)20)8-4-10-1-5-11(13)15(9)16(10)12/h1-8H. The molecule has 4 rings (SSSR count). The molecule has 0 amide bonds. The molecule has 0 heterocycles. The summed E-state index contributed by atoms with van der Waals surface area (Å²) < 4.78 is 0. The van der Waals surface area contributed by atoms with Crippen LogP contribution in [0.4, 0.5) is 5.69 Å². The molecule has 0 radical (unpaired) electrons. The van der Waals surface area contributed by atoms with Crippen molar-refractivity contribution in [2.75, 3.05) is 0 Å². The van der Waals surface area contributed by atoms with Gasteiger partial charge in [-0.1, -0.05) is 35.9 Å². The normalized spacial score (nSPS) is 11.7. The molecule has 0 aliphatic rings. The Bertz CT molecular complexity index is 994. The quantitative estimate of drug-likeness (QED) is 0.275. The van der Waals surface area contributed by atoms with Gasteiger partial charge in [0.05, 0.1) is 10.3 Å². The van der Waals surface area contributed by atoms with E-state index in [9.17, 15) is 10.1 Å². The van der Waals surface area contributed by atoms with Crippen LogP contribution in [0, 0.1) is 10.1 Å². The fourth-order valence-electron chi connectivity index (χ4n) is 2.91. The summed E-state index contributed by atoms with van der Waals surface area (Å²) in [7, 11) is 0. The van der Waals surface area contributed by atoms with Crippen molar-refractivity contribution < 1.29 is 4.92 Å². The monoisotopic (exact) mass is 281 g/mol. The summed E-state index contributed by atoms with van der Waals surface area (Å²) in [4.78, 5) is 10.9. The summed E-state index contributed by atoms with van der Waals surface area (Å²) in [6.45, 7) is 0. The number of hydrogen-bond donors (Lipinski definition) is 0. The molecule has 0 N–H and O–H groups in total. The molecule has 0 unspecified atom stereocenters. The minimum absolute atomic E-state index is 0.131.